The van der Waals surface area contributed by atoms with Crippen molar-refractivity contribution in [2.75, 3.05) is 31.1 Å². The Morgan fingerprint density at radius 3 is 2.73 bits per heavy atom. The number of carbonyl (C=O) groups is 1. The smallest absolute Gasteiger partial charge is 0.265 e. The van der Waals surface area contributed by atoms with Crippen molar-refractivity contribution in [1.29, 1.82) is 0 Å². The zero-order valence-corrected chi connectivity index (χ0v) is 18.1. The molecular weight excluding hydrogens is 422 g/mol. The number of carbonyl (C=O) groups excluding carboxylic acids is 1. The second-order valence-electron chi connectivity index (χ2n) is 7.42. The Kier molecular flexibility index (Phi) is 5.30. The van der Waals surface area contributed by atoms with Crippen LogP contribution in [0.1, 0.15) is 29.3 Å². The number of anilines is 1. The van der Waals surface area contributed by atoms with Crippen molar-refractivity contribution < 1.29 is 9.21 Å². The molecule has 0 bridgehead atoms. The summed E-state index contributed by atoms with van der Waals surface area (Å²) in [5.74, 6) is 1.48. The molecule has 2 aliphatic heterocycles. The van der Waals surface area contributed by atoms with E-state index in [-0.39, 0.29) is 17.2 Å². The highest BCUT2D eigenvalue weighted by atomic mass is 35.5. The van der Waals surface area contributed by atoms with Crippen LogP contribution in [-0.2, 0) is 6.42 Å². The Morgan fingerprint density at radius 1 is 1.23 bits per heavy atom. The zero-order chi connectivity index (χ0) is 20.7. The van der Waals surface area contributed by atoms with Gasteiger partial charge in [0.05, 0.1) is 12.3 Å². The number of halogens is 1. The van der Waals surface area contributed by atoms with Crippen molar-refractivity contribution in [3.63, 3.8) is 0 Å². The highest BCUT2D eigenvalue weighted by Gasteiger charge is 2.44. The molecule has 2 aliphatic rings. The number of thioether (sulfide) groups is 1. The molecule has 0 amide bonds. The summed E-state index contributed by atoms with van der Waals surface area (Å²) in [4.78, 5) is 22.3. The Bertz CT molecular complexity index is 1050. The Hall–Kier alpha value is -2.29. The number of piperazine rings is 1. The van der Waals surface area contributed by atoms with Gasteiger partial charge in [-0.25, -0.2) is 4.98 Å². The topological polar surface area (TPSA) is 67.4 Å². The van der Waals surface area contributed by atoms with E-state index in [1.165, 1.54) is 16.4 Å². The Balaban J connectivity index is 1.36. The highest BCUT2D eigenvalue weighted by Crippen LogP contribution is 2.41. The van der Waals surface area contributed by atoms with E-state index >= 15 is 0 Å². The first-order chi connectivity index (χ1) is 14.6. The van der Waals surface area contributed by atoms with Crippen LogP contribution in [0.3, 0.4) is 0 Å². The fraction of sp³-hybridized carbons (Fsp3) is 0.381. The minimum Gasteiger partial charge on any atom is -0.468 e. The number of hydrogen-bond donors (Lipinski definition) is 0. The van der Waals surface area contributed by atoms with Crippen LogP contribution in [0.4, 0.5) is 5.69 Å². The maximum absolute atomic E-state index is 13.2. The summed E-state index contributed by atoms with van der Waals surface area (Å²) in [5.41, 5.74) is 1.12. The van der Waals surface area contributed by atoms with Gasteiger partial charge in [-0.3, -0.25) is 9.69 Å². The summed E-state index contributed by atoms with van der Waals surface area (Å²) in [7, 11) is 0. The molecule has 4 heterocycles. The Morgan fingerprint density at radius 2 is 2.07 bits per heavy atom. The number of rotatable bonds is 5. The molecule has 5 rings (SSSR count). The van der Waals surface area contributed by atoms with E-state index < -0.39 is 0 Å². The van der Waals surface area contributed by atoms with Crippen molar-refractivity contribution in [2.24, 2.45) is 0 Å². The first kappa shape index (κ1) is 19.7. The largest absolute Gasteiger partial charge is 0.468 e. The third kappa shape index (κ3) is 3.53. The van der Waals surface area contributed by atoms with Crippen LogP contribution in [0.2, 0.25) is 5.02 Å². The van der Waals surface area contributed by atoms with Crippen LogP contribution in [0.15, 0.2) is 52.2 Å². The van der Waals surface area contributed by atoms with Gasteiger partial charge in [-0.15, -0.1) is 5.10 Å². The molecule has 1 saturated heterocycles. The molecule has 2 unspecified atom stereocenters. The summed E-state index contributed by atoms with van der Waals surface area (Å²) in [5, 5.41) is 5.47. The molecule has 2 atom stereocenters. The summed E-state index contributed by atoms with van der Waals surface area (Å²) in [6, 6.07) is 11.6. The van der Waals surface area contributed by atoms with Crippen LogP contribution in [0.5, 0.6) is 0 Å². The zero-order valence-electron chi connectivity index (χ0n) is 16.6. The first-order valence-corrected chi connectivity index (χ1v) is 11.3. The summed E-state index contributed by atoms with van der Waals surface area (Å²) >= 11 is 7.65. The molecule has 3 aromatic rings. The molecule has 2 aromatic heterocycles. The molecule has 156 valence electrons. The lowest BCUT2D eigenvalue weighted by Gasteiger charge is -2.40. The van der Waals surface area contributed by atoms with Crippen LogP contribution >= 0.6 is 23.4 Å². The van der Waals surface area contributed by atoms with E-state index in [4.69, 9.17) is 16.0 Å². The van der Waals surface area contributed by atoms with Crippen molar-refractivity contribution in [2.45, 2.75) is 29.8 Å². The number of fused-ring (bicyclic) bond motifs is 1. The van der Waals surface area contributed by atoms with Gasteiger partial charge >= 0.3 is 0 Å². The van der Waals surface area contributed by atoms with Gasteiger partial charge in [0.15, 0.2) is 11.0 Å². The summed E-state index contributed by atoms with van der Waals surface area (Å²) in [6.07, 6.45) is 2.38. The van der Waals surface area contributed by atoms with E-state index in [0.29, 0.717) is 17.4 Å². The maximum atomic E-state index is 13.2. The third-order valence-corrected chi connectivity index (χ3v) is 7.05. The van der Waals surface area contributed by atoms with Crippen LogP contribution in [-0.4, -0.2) is 57.0 Å². The van der Waals surface area contributed by atoms with Gasteiger partial charge in [-0.2, -0.15) is 4.68 Å². The van der Waals surface area contributed by atoms with Gasteiger partial charge in [0, 0.05) is 43.3 Å². The standard InChI is InChI=1S/C21H22ClN5O2S/c1-2-17-23-21-27(24-17)20(28)19(30-21)18(16-7-4-12-29-16)26-10-8-25(9-11-26)15-6-3-5-14(22)13-15/h3-7,12-13,18-19H,2,8-11H2,1H3. The minimum atomic E-state index is -0.324. The molecular formula is C21H22ClN5O2S. The second-order valence-corrected chi connectivity index (χ2v) is 8.96. The molecule has 30 heavy (non-hydrogen) atoms. The lowest BCUT2D eigenvalue weighted by atomic mass is 10.1. The van der Waals surface area contributed by atoms with E-state index in [0.717, 1.165) is 42.6 Å². The molecule has 0 spiro atoms. The van der Waals surface area contributed by atoms with E-state index in [1.807, 2.05) is 37.3 Å². The lowest BCUT2D eigenvalue weighted by Crippen LogP contribution is -2.50. The molecule has 0 aliphatic carbocycles. The van der Waals surface area contributed by atoms with Crippen molar-refractivity contribution in [1.82, 2.24) is 19.7 Å². The normalized spacial score (nSPS) is 20.5. The van der Waals surface area contributed by atoms with Gasteiger partial charge in [0.1, 0.15) is 11.0 Å². The highest BCUT2D eigenvalue weighted by molar-refractivity contribution is 8.00. The monoisotopic (exact) mass is 443 g/mol. The third-order valence-electron chi connectivity index (χ3n) is 5.62. The quantitative estimate of drug-likeness (QED) is 0.594. The van der Waals surface area contributed by atoms with Crippen molar-refractivity contribution >= 4 is 35.0 Å². The summed E-state index contributed by atoms with van der Waals surface area (Å²) < 4.78 is 7.23. The van der Waals surface area contributed by atoms with E-state index in [9.17, 15) is 4.79 Å². The molecule has 0 saturated carbocycles. The average molecular weight is 444 g/mol. The van der Waals surface area contributed by atoms with Gasteiger partial charge in [0.25, 0.3) is 5.91 Å². The Labute approximate surface area is 184 Å². The van der Waals surface area contributed by atoms with Gasteiger partial charge in [-0.05, 0) is 30.3 Å². The van der Waals surface area contributed by atoms with Crippen LogP contribution < -0.4 is 4.90 Å². The number of hydrogen-bond acceptors (Lipinski definition) is 7. The van der Waals surface area contributed by atoms with Gasteiger partial charge in [0.2, 0.25) is 0 Å². The van der Waals surface area contributed by atoms with Gasteiger partial charge in [-0.1, -0.05) is 36.4 Å². The average Bonchev–Trinajstić information content (AvgIpc) is 3.48. The predicted octanol–water partition coefficient (Wildman–Crippen LogP) is 3.76. The number of nitrogens with zero attached hydrogens (tertiary/aromatic N) is 5. The van der Waals surface area contributed by atoms with E-state index in [1.54, 1.807) is 6.26 Å². The SMILES string of the molecule is CCc1nc2n(n1)C(=O)C(C(c1ccco1)N1CCN(c3cccc(Cl)c3)CC1)S2. The molecule has 0 radical (unpaired) electrons. The molecule has 0 N–H and O–H groups in total. The predicted molar refractivity (Wildman–Crippen MR) is 116 cm³/mol. The summed E-state index contributed by atoms with van der Waals surface area (Å²) in [6.45, 7) is 5.33. The fourth-order valence-corrected chi connectivity index (χ4v) is 5.54. The first-order valence-electron chi connectivity index (χ1n) is 10.1. The molecule has 1 aromatic carbocycles. The molecule has 1 fully saturated rings. The maximum Gasteiger partial charge on any atom is 0.265 e. The number of aromatic nitrogens is 3. The van der Waals surface area contributed by atoms with Crippen LogP contribution in [0, 0.1) is 0 Å². The number of benzene rings is 1. The second kappa shape index (κ2) is 8.09. The van der Waals surface area contributed by atoms with Crippen molar-refractivity contribution in [3.05, 3.63) is 59.3 Å². The minimum absolute atomic E-state index is 0.0270. The van der Waals surface area contributed by atoms with Crippen LogP contribution in [0.25, 0.3) is 0 Å². The van der Waals surface area contributed by atoms with E-state index in [2.05, 4.69) is 25.9 Å². The molecule has 7 nitrogen and oxygen atoms in total. The van der Waals surface area contributed by atoms with Gasteiger partial charge < -0.3 is 9.32 Å². The number of furan rings is 1. The fourth-order valence-electron chi connectivity index (χ4n) is 4.10. The van der Waals surface area contributed by atoms with Crippen molar-refractivity contribution in [3.8, 4) is 0 Å². The molecule has 9 heteroatoms. The number of aryl methyl sites for hydroxylation is 1. The lowest BCUT2D eigenvalue weighted by molar-refractivity contribution is 0.0813.